The van der Waals surface area contributed by atoms with Crippen molar-refractivity contribution in [2.45, 2.75) is 32.7 Å². The third-order valence-electron chi connectivity index (χ3n) is 5.66. The summed E-state index contributed by atoms with van der Waals surface area (Å²) in [6.07, 6.45) is -0.850. The first-order valence-corrected chi connectivity index (χ1v) is 10.6. The van der Waals surface area contributed by atoms with E-state index in [0.29, 0.717) is 0 Å². The molecule has 0 spiro atoms. The van der Waals surface area contributed by atoms with E-state index in [2.05, 4.69) is 25.6 Å². The van der Waals surface area contributed by atoms with E-state index in [1.54, 1.807) is 20.8 Å². The van der Waals surface area contributed by atoms with Gasteiger partial charge in [-0.25, -0.2) is 14.2 Å². The molecule has 1 aliphatic rings. The lowest BCUT2D eigenvalue weighted by atomic mass is 9.86. The molecule has 1 heterocycles. The van der Waals surface area contributed by atoms with Crippen molar-refractivity contribution in [3.63, 3.8) is 0 Å². The first-order valence-electron chi connectivity index (χ1n) is 10.6. The minimum atomic E-state index is -1.21. The van der Waals surface area contributed by atoms with Crippen LogP contribution in [0.1, 0.15) is 48.3 Å². The third kappa shape index (κ3) is 4.47. The number of aliphatic carboxylic acids is 1. The Balaban J connectivity index is 1.43. The number of nitrogens with one attached hydrogen (secondary N) is 2. The monoisotopic (exact) mass is 464 g/mol. The van der Waals surface area contributed by atoms with E-state index in [-0.39, 0.29) is 24.0 Å². The minimum Gasteiger partial charge on any atom is -0.480 e. The molecule has 3 aromatic rings. The molecule has 1 aliphatic carbocycles. The van der Waals surface area contributed by atoms with Gasteiger partial charge in [0.25, 0.3) is 5.91 Å². The van der Waals surface area contributed by atoms with Crippen LogP contribution in [0.5, 0.6) is 0 Å². The zero-order valence-corrected chi connectivity index (χ0v) is 18.9. The number of fused-ring (bicyclic) bond motifs is 3. The predicted molar refractivity (Wildman–Crippen MR) is 121 cm³/mol. The molecule has 4 rings (SSSR count). The largest absolute Gasteiger partial charge is 0.480 e. The number of carboxylic acid groups (broad SMARTS) is 1. The van der Waals surface area contributed by atoms with Gasteiger partial charge in [-0.15, -0.1) is 0 Å². The van der Waals surface area contributed by atoms with Gasteiger partial charge in [0.05, 0.1) is 0 Å². The molecule has 1 aromatic heterocycles. The molecule has 10 heteroatoms. The Hall–Kier alpha value is -4.21. The number of anilines is 1. The van der Waals surface area contributed by atoms with Gasteiger partial charge < -0.3 is 15.2 Å². The maximum atomic E-state index is 12.6. The van der Waals surface area contributed by atoms with E-state index in [0.717, 1.165) is 22.3 Å². The van der Waals surface area contributed by atoms with Crippen molar-refractivity contribution in [2.75, 3.05) is 11.9 Å². The fourth-order valence-electron chi connectivity index (χ4n) is 4.00. The molecule has 0 bridgehead atoms. The van der Waals surface area contributed by atoms with Crippen molar-refractivity contribution in [3.8, 4) is 11.1 Å². The highest BCUT2D eigenvalue weighted by Crippen LogP contribution is 2.44. The molecule has 2 amide bonds. The summed E-state index contributed by atoms with van der Waals surface area (Å²) in [6, 6.07) is 14.7. The molecular weight excluding hydrogens is 440 g/mol. The van der Waals surface area contributed by atoms with Crippen LogP contribution in [0.3, 0.4) is 0 Å². The van der Waals surface area contributed by atoms with E-state index in [1.807, 2.05) is 48.5 Å². The summed E-state index contributed by atoms with van der Waals surface area (Å²) in [5.41, 5.74) is 3.18. The average Bonchev–Trinajstić information content (AvgIpc) is 3.37. The Bertz CT molecular complexity index is 1200. The Morgan fingerprint density at radius 3 is 2.18 bits per heavy atom. The Kier molecular flexibility index (Phi) is 6.06. The molecule has 0 saturated heterocycles. The van der Waals surface area contributed by atoms with Gasteiger partial charge in [-0.1, -0.05) is 69.3 Å². The molecule has 2 aromatic carbocycles. The average molecular weight is 464 g/mol. The summed E-state index contributed by atoms with van der Waals surface area (Å²) < 4.78 is 10.0. The van der Waals surface area contributed by atoms with E-state index >= 15 is 0 Å². The number of ether oxygens (including phenoxy) is 1. The molecule has 0 unspecified atom stereocenters. The quantitative estimate of drug-likeness (QED) is 0.501. The summed E-state index contributed by atoms with van der Waals surface area (Å²) in [4.78, 5) is 36.6. The van der Waals surface area contributed by atoms with E-state index in [9.17, 15) is 19.5 Å². The van der Waals surface area contributed by atoms with E-state index in [1.165, 1.54) is 0 Å². The highest BCUT2D eigenvalue weighted by molar-refractivity contribution is 6.01. The van der Waals surface area contributed by atoms with Crippen LogP contribution in [0.15, 0.2) is 53.2 Å². The van der Waals surface area contributed by atoms with Crippen LogP contribution in [0.2, 0.25) is 0 Å². The van der Waals surface area contributed by atoms with Crippen LogP contribution >= 0.6 is 0 Å². The maximum absolute atomic E-state index is 12.6. The maximum Gasteiger partial charge on any atom is 0.412 e. The predicted octanol–water partition coefficient (Wildman–Crippen LogP) is 3.66. The number of carbonyl (C=O) groups is 3. The van der Waals surface area contributed by atoms with Crippen molar-refractivity contribution in [2.24, 2.45) is 5.41 Å². The summed E-state index contributed by atoms with van der Waals surface area (Å²) in [7, 11) is 0. The normalized spacial score (nSPS) is 13.5. The first-order chi connectivity index (χ1) is 16.2. The lowest BCUT2D eigenvalue weighted by molar-refractivity contribution is -0.142. The van der Waals surface area contributed by atoms with E-state index < -0.39 is 29.4 Å². The number of nitrogens with zero attached hydrogens (tertiary/aromatic N) is 2. The number of rotatable bonds is 6. The molecule has 0 saturated carbocycles. The van der Waals surface area contributed by atoms with Crippen molar-refractivity contribution >= 4 is 23.8 Å². The van der Waals surface area contributed by atoms with Crippen LogP contribution in [-0.2, 0) is 9.53 Å². The van der Waals surface area contributed by atoms with Crippen molar-refractivity contribution < 1.29 is 28.9 Å². The van der Waals surface area contributed by atoms with Gasteiger partial charge in [0.1, 0.15) is 12.6 Å². The van der Waals surface area contributed by atoms with Gasteiger partial charge in [-0.3, -0.25) is 10.1 Å². The summed E-state index contributed by atoms with van der Waals surface area (Å²) >= 11 is 0. The molecule has 0 aliphatic heterocycles. The van der Waals surface area contributed by atoms with Gasteiger partial charge in [-0.05, 0) is 38.0 Å². The fraction of sp³-hybridized carbons (Fsp3) is 0.292. The molecule has 34 heavy (non-hydrogen) atoms. The third-order valence-corrected chi connectivity index (χ3v) is 5.66. The van der Waals surface area contributed by atoms with Crippen LogP contribution in [0.4, 0.5) is 10.6 Å². The molecule has 0 radical (unpaired) electrons. The number of hydrogen-bond donors (Lipinski definition) is 3. The SMILES string of the molecule is CC(C)(C)[C@H](NC(=O)c1nonc1NC(=O)OCC1c2ccccc2-c2ccccc21)C(=O)O. The Labute approximate surface area is 195 Å². The number of carboxylic acids is 1. The molecule has 10 nitrogen and oxygen atoms in total. The minimum absolute atomic E-state index is 0.0672. The smallest absolute Gasteiger partial charge is 0.412 e. The van der Waals surface area contributed by atoms with Crippen LogP contribution < -0.4 is 10.6 Å². The summed E-state index contributed by atoms with van der Waals surface area (Å²) in [5.74, 6) is -2.46. The van der Waals surface area contributed by atoms with Crippen molar-refractivity contribution in [1.29, 1.82) is 0 Å². The number of benzene rings is 2. The van der Waals surface area contributed by atoms with Gasteiger partial charge in [0.15, 0.2) is 0 Å². The molecule has 176 valence electrons. The lowest BCUT2D eigenvalue weighted by Gasteiger charge is -2.27. The standard InChI is InChI=1S/C24H24N4O6/c1-24(2,3)19(22(30)31)25-21(29)18-20(28-34-27-18)26-23(32)33-12-17-15-10-6-4-8-13(15)14-9-5-7-11-16(14)17/h4-11,17,19H,12H2,1-3H3,(H,25,29)(H,30,31)(H,26,28,32)/t19-/m1/s1. The molecular formula is C24H24N4O6. The fourth-order valence-corrected chi connectivity index (χ4v) is 4.00. The van der Waals surface area contributed by atoms with Crippen LogP contribution in [0, 0.1) is 5.41 Å². The number of carbonyl (C=O) groups excluding carboxylic acids is 2. The van der Waals surface area contributed by atoms with Crippen molar-refractivity contribution in [3.05, 3.63) is 65.4 Å². The molecule has 1 atom stereocenters. The Morgan fingerprint density at radius 1 is 1.03 bits per heavy atom. The van der Waals surface area contributed by atoms with Gasteiger partial charge in [-0.2, -0.15) is 0 Å². The zero-order valence-electron chi connectivity index (χ0n) is 18.9. The van der Waals surface area contributed by atoms with Gasteiger partial charge >= 0.3 is 12.1 Å². The topological polar surface area (TPSA) is 144 Å². The van der Waals surface area contributed by atoms with Crippen molar-refractivity contribution in [1.82, 2.24) is 15.6 Å². The number of amides is 2. The summed E-state index contributed by atoms with van der Waals surface area (Å²) in [5, 5.41) is 21.2. The second-order valence-electron chi connectivity index (χ2n) is 9.02. The van der Waals surface area contributed by atoms with Crippen LogP contribution in [-0.4, -0.2) is 46.0 Å². The van der Waals surface area contributed by atoms with Gasteiger partial charge in [0.2, 0.25) is 11.5 Å². The molecule has 0 fully saturated rings. The van der Waals surface area contributed by atoms with Crippen LogP contribution in [0.25, 0.3) is 11.1 Å². The second kappa shape index (κ2) is 8.97. The Morgan fingerprint density at radius 2 is 1.62 bits per heavy atom. The van der Waals surface area contributed by atoms with Gasteiger partial charge in [0, 0.05) is 5.92 Å². The highest BCUT2D eigenvalue weighted by Gasteiger charge is 2.35. The summed E-state index contributed by atoms with van der Waals surface area (Å²) in [6.45, 7) is 5.08. The molecule has 3 N–H and O–H groups in total. The highest BCUT2D eigenvalue weighted by atomic mass is 16.6. The first kappa shape index (κ1) is 23.0. The number of aromatic nitrogens is 2. The lowest BCUT2D eigenvalue weighted by Crippen LogP contribution is -2.49. The van der Waals surface area contributed by atoms with E-state index in [4.69, 9.17) is 4.74 Å². The second-order valence-corrected chi connectivity index (χ2v) is 9.02. The number of hydrogen-bond acceptors (Lipinski definition) is 7. The zero-order chi connectivity index (χ0) is 24.5.